The van der Waals surface area contributed by atoms with Gasteiger partial charge in [-0.15, -0.1) is 13.2 Å². The molecule has 0 spiro atoms. The Morgan fingerprint density at radius 1 is 0.697 bits per heavy atom. The molecule has 36 nitrogen and oxygen atoms in total. The van der Waals surface area contributed by atoms with E-state index < -0.39 is 271 Å². The number of hydrogen-bond donors (Lipinski definition) is 20. The van der Waals surface area contributed by atoms with Gasteiger partial charge in [-0.2, -0.15) is 0 Å². The number of anilines is 1. The number of aliphatic hydroxyl groups is 6. The van der Waals surface area contributed by atoms with Gasteiger partial charge in [-0.3, -0.25) is 38.4 Å². The van der Waals surface area contributed by atoms with Gasteiger partial charge in [0.1, 0.15) is 95.2 Å². The summed E-state index contributed by atoms with van der Waals surface area (Å²) < 4.78 is 81.8. The zero-order valence-corrected chi connectivity index (χ0v) is 66.5. The third-order valence-corrected chi connectivity index (χ3v) is 21.6. The van der Waals surface area contributed by atoms with Gasteiger partial charge in [0.2, 0.25) is 53.4 Å². The maximum atomic E-state index is 16.2. The summed E-state index contributed by atoms with van der Waals surface area (Å²) >= 11 is 14.3. The highest BCUT2D eigenvalue weighted by molar-refractivity contribution is 6.32. The van der Waals surface area contributed by atoms with Gasteiger partial charge in [0.25, 0.3) is 5.91 Å². The second-order valence-electron chi connectivity index (χ2n) is 30.2. The summed E-state index contributed by atoms with van der Waals surface area (Å²) in [5.74, 6) is -17.9. The van der Waals surface area contributed by atoms with E-state index in [9.17, 15) is 93.0 Å². The topological polar surface area (TPSA) is 555 Å². The smallest absolute Gasteiger partial charge is 0.508 e. The molecule has 650 valence electrons. The number of fused-ring (bicyclic) bond motifs is 15. The molecular weight excluding hydrogens is 1660 g/mol. The molecule has 2 fully saturated rings. The third-order valence-electron chi connectivity index (χ3n) is 21.0. The van der Waals surface area contributed by atoms with Gasteiger partial charge in [0, 0.05) is 52.5 Å². The van der Waals surface area contributed by atoms with Crippen molar-refractivity contribution in [3.8, 4) is 62.9 Å². The minimum absolute atomic E-state index is 0.0117. The third kappa shape index (κ3) is 20.1. The lowest BCUT2D eigenvalue weighted by atomic mass is 9.84. The first-order chi connectivity index (χ1) is 57.7. The van der Waals surface area contributed by atoms with Gasteiger partial charge in [0.05, 0.1) is 41.3 Å². The molecule has 18 atom stereocenters. The van der Waals surface area contributed by atoms with Crippen LogP contribution in [-0.4, -0.2) is 203 Å². The molecule has 0 aromatic heterocycles. The van der Waals surface area contributed by atoms with E-state index in [2.05, 4.69) is 52.6 Å². The number of carbonyl (C=O) groups excluding carboxylic acids is 8. The van der Waals surface area contributed by atoms with Gasteiger partial charge in [-0.1, -0.05) is 67.4 Å². The Labute approximate surface area is 701 Å². The first-order valence-electron chi connectivity index (χ1n) is 37.9. The van der Waals surface area contributed by atoms with Crippen molar-refractivity contribution in [3.05, 3.63) is 176 Å². The average molecular weight is 1740 g/mol. The van der Waals surface area contributed by atoms with Gasteiger partial charge >= 0.3 is 12.3 Å². The zero-order chi connectivity index (χ0) is 88.4. The summed E-state index contributed by atoms with van der Waals surface area (Å²) in [6.45, 7) is 5.61. The summed E-state index contributed by atoms with van der Waals surface area (Å²) in [5, 5.41) is 139. The molecule has 0 aliphatic carbocycles. The van der Waals surface area contributed by atoms with Crippen molar-refractivity contribution < 1.29 is 141 Å². The van der Waals surface area contributed by atoms with Crippen LogP contribution in [0.3, 0.4) is 0 Å². The first-order valence-corrected chi connectivity index (χ1v) is 38.6. The molecule has 0 saturated carbocycles. The first kappa shape index (κ1) is 89.6. The van der Waals surface area contributed by atoms with Gasteiger partial charge < -0.3 is 138 Å². The predicted octanol–water partition coefficient (Wildman–Crippen LogP) is 4.09. The lowest BCUT2D eigenvalue weighted by Crippen LogP contribution is -2.65. The number of halogens is 5. The number of likely N-dealkylation sites (N-methyl/N-ethyl adjacent to an activating group) is 1. The number of aliphatic carboxylic acids is 1. The lowest BCUT2D eigenvalue weighted by molar-refractivity contribution is -0.334. The summed E-state index contributed by atoms with van der Waals surface area (Å²) in [6.07, 6.45) is -24.7. The van der Waals surface area contributed by atoms with E-state index >= 15 is 14.4 Å². The fraction of sp³-hybridized carbons (Fsp3) is 0.370. The Kier molecular flexibility index (Phi) is 27.1. The van der Waals surface area contributed by atoms with Crippen LogP contribution in [0.1, 0.15) is 121 Å². The molecule has 7 aliphatic rings. The number of benzene rings is 7. The molecule has 14 rings (SSSR count). The maximum absolute atomic E-state index is 16.2. The van der Waals surface area contributed by atoms with E-state index in [-0.39, 0.29) is 47.7 Å². The summed E-state index contributed by atoms with van der Waals surface area (Å²) in [7, 11) is 1.46. The van der Waals surface area contributed by atoms with Crippen LogP contribution in [0.5, 0.6) is 51.7 Å². The molecular formula is C81H85Cl2F3N10O26. The Hall–Kier alpha value is -11.7. The number of rotatable bonds is 19. The quantitative estimate of drug-likeness (QED) is 0.0542. The summed E-state index contributed by atoms with van der Waals surface area (Å²) in [4.78, 5) is 131. The van der Waals surface area contributed by atoms with Gasteiger partial charge in [-0.05, 0) is 152 Å². The number of amides is 8. The number of nitrogens with one attached hydrogen (secondary N) is 9. The molecule has 21 N–H and O–H groups in total. The Bertz CT molecular complexity index is 5190. The molecule has 8 amide bonds. The van der Waals surface area contributed by atoms with E-state index in [0.29, 0.717) is 5.56 Å². The number of carboxylic acids is 1. The number of aromatic hydroxyl groups is 3. The van der Waals surface area contributed by atoms with Crippen molar-refractivity contribution in [2.24, 2.45) is 11.7 Å². The van der Waals surface area contributed by atoms with Crippen LogP contribution in [0.2, 0.25) is 10.0 Å². The number of carbonyl (C=O) groups is 9. The number of alkyl halides is 3. The van der Waals surface area contributed by atoms with Crippen molar-refractivity contribution in [1.29, 1.82) is 0 Å². The molecule has 7 aliphatic heterocycles. The second kappa shape index (κ2) is 36.9. The molecule has 2 saturated heterocycles. The van der Waals surface area contributed by atoms with E-state index in [4.69, 9.17) is 57.4 Å². The number of primary amides is 1. The molecule has 7 aromatic rings. The number of carboxylic acid groups (broad SMARTS) is 1. The van der Waals surface area contributed by atoms with Crippen LogP contribution >= 0.6 is 23.2 Å². The van der Waals surface area contributed by atoms with Crippen LogP contribution in [0.25, 0.3) is 11.1 Å². The summed E-state index contributed by atoms with van der Waals surface area (Å²) in [6, 6.07) is 9.27. The number of nitrogens with two attached hydrogens (primary N) is 1. The van der Waals surface area contributed by atoms with Crippen molar-refractivity contribution in [1.82, 2.24) is 42.5 Å². The zero-order valence-electron chi connectivity index (χ0n) is 65.0. The second-order valence-corrected chi connectivity index (χ2v) is 31.0. The van der Waals surface area contributed by atoms with E-state index in [0.717, 1.165) is 97.1 Å². The fourth-order valence-corrected chi connectivity index (χ4v) is 15.2. The molecule has 11 bridgehead atoms. The standard InChI is InChI=1S/C81H85Cl2F3N10O26/c1-32(2)19-47(88-5)72(108)95-62-64(102)37-12-17-51(45(82)22-37)117-53-24-39-25-54(68(53)121-79-69(67(105)66(104)55(31-97)119-79)120-57-29-80(4,70(106)33(3)116-57)89-30-34-7-6-8-40(20-34)90-71(107)35-9-14-42(15-10-35)122-81(84,85)86)118-52-18-13-38(23-46(52)83)65(103)63-77(113)94-61(78(114)115)44-26-41(98)27-50(100)58(44)43-21-36(11-16-49(43)99)59(74(110)96-63)93-75(111)60(39)92-73(109)48(28-56(87)101)91-76(62)112/h6-18,20-27,32-33,47-48,55,57,59-67,69-70,79,88-89,97-100,102-106H,19,28-31H2,1-5H3,(H2,87,101)(H,90,107)(H,91,112)(H,92,109)(H,93,111)(H,94,113)(H,95,108)(H,96,110)(H,114,115)/t33-,47+,48-,55+,57-,59+,60+,61+,62+,63-,64+,65+,66+,67-,69?,70+,79-,80-/m0/s1. The number of phenolic OH excluding ortho intramolecular Hbond substituents is 3. The highest BCUT2D eigenvalue weighted by atomic mass is 35.5. The molecule has 7 heterocycles. The van der Waals surface area contributed by atoms with Crippen LogP contribution < -0.4 is 72.5 Å². The number of phenols is 3. The van der Waals surface area contributed by atoms with Crippen LogP contribution in [0.4, 0.5) is 18.9 Å². The molecule has 41 heteroatoms. The summed E-state index contributed by atoms with van der Waals surface area (Å²) in [5.41, 5.74) is 2.04. The SMILES string of the molecule is CN[C@H](CC(C)C)C(=O)N[C@H]1C(=O)N[C@@H](CC(N)=O)C(=O)N[C@H]2C(=O)N[C@H]3C(=O)N[C@H](C(=O)N[C@@H](C(=O)O)c4cc(O)cc(O)c4-c4cc3ccc4O)[C@H](O)c3ccc(c(Cl)c3)Oc3cc2cc(c3O[C@@H]2O[C@H](CO)[C@@H](O)[C@H](O)C2O[C@H]2C[C@](C)(NCc3cccc(NC(=O)c4ccc(OC(F)(F)F)cc4)c3)[C@H](O)[C@H](C)O2)Oc2ccc(cc2Cl)[C@H]1O. The van der Waals surface area contributed by atoms with E-state index in [1.807, 2.05) is 0 Å². The lowest BCUT2D eigenvalue weighted by Gasteiger charge is -2.48. The Morgan fingerprint density at radius 2 is 1.33 bits per heavy atom. The van der Waals surface area contributed by atoms with E-state index in [1.54, 1.807) is 45.0 Å². The minimum atomic E-state index is -4.97. The van der Waals surface area contributed by atoms with Crippen molar-refractivity contribution in [2.75, 3.05) is 19.0 Å². The van der Waals surface area contributed by atoms with Crippen LogP contribution in [-0.2, 0) is 59.1 Å². The number of hydrogen-bond acceptors (Lipinski definition) is 27. The van der Waals surface area contributed by atoms with Gasteiger partial charge in [0.15, 0.2) is 29.9 Å². The molecule has 122 heavy (non-hydrogen) atoms. The monoisotopic (exact) mass is 1740 g/mol. The Balaban J connectivity index is 1.00. The fourth-order valence-electron chi connectivity index (χ4n) is 14.7. The van der Waals surface area contributed by atoms with E-state index in [1.165, 1.54) is 20.0 Å². The average Bonchev–Trinajstić information content (AvgIpc) is 0.768. The van der Waals surface area contributed by atoms with Crippen molar-refractivity contribution >= 4 is 82.1 Å². The number of ether oxygens (including phenoxy) is 7. The molecule has 7 aromatic carbocycles. The highest BCUT2D eigenvalue weighted by Gasteiger charge is 2.52. The Morgan fingerprint density at radius 3 is 1.94 bits per heavy atom. The van der Waals surface area contributed by atoms with Crippen molar-refractivity contribution in [2.45, 2.75) is 169 Å². The van der Waals surface area contributed by atoms with Gasteiger partial charge in [-0.25, -0.2) is 4.79 Å². The van der Waals surface area contributed by atoms with Crippen LogP contribution in [0.15, 0.2) is 127 Å². The molecule has 0 radical (unpaired) electrons. The largest absolute Gasteiger partial charge is 0.573 e. The van der Waals surface area contributed by atoms with Crippen molar-refractivity contribution in [3.63, 3.8) is 0 Å². The highest BCUT2D eigenvalue weighted by Crippen LogP contribution is 2.50. The maximum Gasteiger partial charge on any atom is 0.573 e. The number of aliphatic hydroxyl groups excluding tert-OH is 6. The predicted molar refractivity (Wildman–Crippen MR) is 419 cm³/mol. The minimum Gasteiger partial charge on any atom is -0.508 e. The molecule has 1 unspecified atom stereocenters. The normalized spacial score (nSPS) is 26.4. The van der Waals surface area contributed by atoms with Crippen LogP contribution in [0, 0.1) is 5.92 Å².